The molecule has 21 heavy (non-hydrogen) atoms. The Hall–Kier alpha value is -2.56. The third kappa shape index (κ3) is 2.81. The number of amides is 1. The Morgan fingerprint density at radius 1 is 1.14 bits per heavy atom. The van der Waals surface area contributed by atoms with Gasteiger partial charge in [-0.05, 0) is 48.9 Å². The molecule has 1 unspecified atom stereocenters. The van der Waals surface area contributed by atoms with Crippen molar-refractivity contribution in [2.45, 2.75) is 13.0 Å². The molecule has 0 aromatic heterocycles. The highest BCUT2D eigenvalue weighted by molar-refractivity contribution is 5.94. The maximum atomic E-state index is 12.8. The Labute approximate surface area is 121 Å². The molecule has 0 saturated heterocycles. The van der Waals surface area contributed by atoms with Crippen molar-refractivity contribution in [3.63, 3.8) is 0 Å². The smallest absolute Gasteiger partial charge is 0.251 e. The van der Waals surface area contributed by atoms with Crippen molar-refractivity contribution in [2.75, 3.05) is 6.79 Å². The summed E-state index contributed by atoms with van der Waals surface area (Å²) in [6.07, 6.45) is 0. The molecule has 0 saturated carbocycles. The van der Waals surface area contributed by atoms with E-state index in [2.05, 4.69) is 5.32 Å². The zero-order chi connectivity index (χ0) is 14.8. The maximum Gasteiger partial charge on any atom is 0.251 e. The van der Waals surface area contributed by atoms with Crippen molar-refractivity contribution in [3.05, 3.63) is 59.4 Å². The molecule has 1 aliphatic rings. The Kier molecular flexibility index (Phi) is 3.48. The summed E-state index contributed by atoms with van der Waals surface area (Å²) in [5.74, 6) is 0.765. The van der Waals surface area contributed by atoms with Gasteiger partial charge in [0.05, 0.1) is 6.04 Å². The largest absolute Gasteiger partial charge is 0.454 e. The number of rotatable bonds is 3. The number of halogens is 1. The Bertz CT molecular complexity index is 670. The minimum atomic E-state index is -0.365. The maximum absolute atomic E-state index is 12.8. The van der Waals surface area contributed by atoms with E-state index in [0.717, 1.165) is 5.56 Å². The van der Waals surface area contributed by atoms with Crippen LogP contribution in [0.4, 0.5) is 4.39 Å². The molecule has 1 aliphatic heterocycles. The van der Waals surface area contributed by atoms with Gasteiger partial charge in [0.25, 0.3) is 5.91 Å². The number of ether oxygens (including phenoxy) is 2. The van der Waals surface area contributed by atoms with E-state index < -0.39 is 0 Å². The second kappa shape index (κ2) is 5.44. The fraction of sp³-hybridized carbons (Fsp3) is 0.188. The normalized spacial score (nSPS) is 13.8. The average Bonchev–Trinajstić information content (AvgIpc) is 2.95. The fourth-order valence-corrected chi connectivity index (χ4v) is 2.15. The molecule has 0 aliphatic carbocycles. The van der Waals surface area contributed by atoms with Crippen molar-refractivity contribution in [3.8, 4) is 11.5 Å². The van der Waals surface area contributed by atoms with E-state index in [1.165, 1.54) is 24.3 Å². The molecule has 1 heterocycles. The Balaban J connectivity index is 1.72. The van der Waals surface area contributed by atoms with Gasteiger partial charge in [0, 0.05) is 5.56 Å². The predicted octanol–water partition coefficient (Wildman–Crippen LogP) is 3.05. The Morgan fingerprint density at radius 3 is 2.62 bits per heavy atom. The summed E-state index contributed by atoms with van der Waals surface area (Å²) in [5, 5.41) is 2.87. The van der Waals surface area contributed by atoms with Gasteiger partial charge >= 0.3 is 0 Å². The van der Waals surface area contributed by atoms with Crippen LogP contribution in [0.3, 0.4) is 0 Å². The van der Waals surface area contributed by atoms with Crippen LogP contribution in [0.2, 0.25) is 0 Å². The number of nitrogens with one attached hydrogen (secondary N) is 1. The van der Waals surface area contributed by atoms with Crippen molar-refractivity contribution in [2.24, 2.45) is 0 Å². The van der Waals surface area contributed by atoms with Crippen molar-refractivity contribution >= 4 is 5.91 Å². The molecule has 5 heteroatoms. The first-order valence-electron chi connectivity index (χ1n) is 6.59. The number of carbonyl (C=O) groups is 1. The zero-order valence-corrected chi connectivity index (χ0v) is 11.4. The van der Waals surface area contributed by atoms with E-state index >= 15 is 0 Å². The van der Waals surface area contributed by atoms with Gasteiger partial charge in [0.15, 0.2) is 11.5 Å². The molecular weight excluding hydrogens is 273 g/mol. The van der Waals surface area contributed by atoms with Crippen LogP contribution in [0.1, 0.15) is 28.9 Å². The quantitative estimate of drug-likeness (QED) is 0.944. The molecule has 0 radical (unpaired) electrons. The van der Waals surface area contributed by atoms with E-state index in [4.69, 9.17) is 9.47 Å². The standard InChI is InChI=1S/C16H14FNO3/c1-10(12-4-7-14-15(8-12)21-9-20-14)18-16(19)11-2-5-13(17)6-3-11/h2-8,10H,9H2,1H3,(H,18,19). The summed E-state index contributed by atoms with van der Waals surface area (Å²) in [6, 6.07) is 10.8. The summed E-state index contributed by atoms with van der Waals surface area (Å²) in [7, 11) is 0. The van der Waals surface area contributed by atoms with Gasteiger partial charge in [-0.25, -0.2) is 4.39 Å². The van der Waals surface area contributed by atoms with Crippen LogP contribution in [0.5, 0.6) is 11.5 Å². The third-order valence-electron chi connectivity index (χ3n) is 3.35. The lowest BCUT2D eigenvalue weighted by Gasteiger charge is -2.15. The van der Waals surface area contributed by atoms with Crippen LogP contribution in [-0.2, 0) is 0 Å². The number of carbonyl (C=O) groups excluding carboxylic acids is 1. The van der Waals surface area contributed by atoms with E-state index in [0.29, 0.717) is 17.1 Å². The van der Waals surface area contributed by atoms with Gasteiger partial charge in [-0.3, -0.25) is 4.79 Å². The second-order valence-electron chi connectivity index (χ2n) is 4.81. The predicted molar refractivity (Wildman–Crippen MR) is 74.8 cm³/mol. The number of hydrogen-bond acceptors (Lipinski definition) is 3. The lowest BCUT2D eigenvalue weighted by Crippen LogP contribution is -2.26. The van der Waals surface area contributed by atoms with Crippen molar-refractivity contribution in [1.29, 1.82) is 0 Å². The van der Waals surface area contributed by atoms with Crippen molar-refractivity contribution in [1.82, 2.24) is 5.32 Å². The minimum Gasteiger partial charge on any atom is -0.454 e. The van der Waals surface area contributed by atoms with Crippen LogP contribution in [0.25, 0.3) is 0 Å². The summed E-state index contributed by atoms with van der Waals surface area (Å²) in [6.45, 7) is 2.09. The lowest BCUT2D eigenvalue weighted by atomic mass is 10.1. The minimum absolute atomic E-state index is 0.197. The van der Waals surface area contributed by atoms with E-state index in [1.54, 1.807) is 0 Å². The van der Waals surface area contributed by atoms with Gasteiger partial charge in [0.2, 0.25) is 6.79 Å². The van der Waals surface area contributed by atoms with Gasteiger partial charge in [0.1, 0.15) is 5.82 Å². The van der Waals surface area contributed by atoms with E-state index in [1.807, 2.05) is 25.1 Å². The highest BCUT2D eigenvalue weighted by Gasteiger charge is 2.17. The van der Waals surface area contributed by atoms with Crippen LogP contribution in [0, 0.1) is 5.82 Å². The number of benzene rings is 2. The first-order chi connectivity index (χ1) is 10.1. The highest BCUT2D eigenvalue weighted by atomic mass is 19.1. The first-order valence-corrected chi connectivity index (χ1v) is 6.59. The molecule has 0 bridgehead atoms. The number of fused-ring (bicyclic) bond motifs is 1. The average molecular weight is 287 g/mol. The van der Waals surface area contributed by atoms with Crippen LogP contribution in [-0.4, -0.2) is 12.7 Å². The van der Waals surface area contributed by atoms with E-state index in [9.17, 15) is 9.18 Å². The summed E-state index contributed by atoms with van der Waals surface area (Å²) in [4.78, 5) is 12.1. The molecule has 1 atom stereocenters. The summed E-state index contributed by atoms with van der Waals surface area (Å²) >= 11 is 0. The molecule has 0 fully saturated rings. The second-order valence-corrected chi connectivity index (χ2v) is 4.81. The molecule has 0 spiro atoms. The summed E-state index contributed by atoms with van der Waals surface area (Å²) < 4.78 is 23.4. The van der Waals surface area contributed by atoms with Crippen molar-refractivity contribution < 1.29 is 18.7 Å². The summed E-state index contributed by atoms with van der Waals surface area (Å²) in [5.41, 5.74) is 1.33. The molecule has 1 N–H and O–H groups in total. The van der Waals surface area contributed by atoms with Gasteiger partial charge in [-0.1, -0.05) is 6.07 Å². The van der Waals surface area contributed by atoms with Gasteiger partial charge < -0.3 is 14.8 Å². The first kappa shape index (κ1) is 13.4. The highest BCUT2D eigenvalue weighted by Crippen LogP contribution is 2.34. The Morgan fingerprint density at radius 2 is 1.86 bits per heavy atom. The van der Waals surface area contributed by atoms with Gasteiger partial charge in [-0.2, -0.15) is 0 Å². The SMILES string of the molecule is CC(NC(=O)c1ccc(F)cc1)c1ccc2c(c1)OCO2. The molecule has 108 valence electrons. The van der Waals surface area contributed by atoms with Crippen LogP contribution < -0.4 is 14.8 Å². The number of hydrogen-bond donors (Lipinski definition) is 1. The molecular formula is C16H14FNO3. The van der Waals surface area contributed by atoms with Crippen LogP contribution >= 0.6 is 0 Å². The lowest BCUT2D eigenvalue weighted by molar-refractivity contribution is 0.0939. The third-order valence-corrected chi connectivity index (χ3v) is 3.35. The molecule has 2 aromatic rings. The van der Waals surface area contributed by atoms with Crippen LogP contribution in [0.15, 0.2) is 42.5 Å². The van der Waals surface area contributed by atoms with Gasteiger partial charge in [-0.15, -0.1) is 0 Å². The monoisotopic (exact) mass is 287 g/mol. The fourth-order valence-electron chi connectivity index (χ4n) is 2.15. The molecule has 2 aromatic carbocycles. The topological polar surface area (TPSA) is 47.6 Å². The zero-order valence-electron chi connectivity index (χ0n) is 11.4. The molecule has 3 rings (SSSR count). The molecule has 4 nitrogen and oxygen atoms in total. The van der Waals surface area contributed by atoms with E-state index in [-0.39, 0.29) is 24.6 Å². The molecule has 1 amide bonds.